The molecule has 38 heavy (non-hydrogen) atoms. The van der Waals surface area contributed by atoms with Crippen molar-refractivity contribution >= 4 is 11.8 Å². The van der Waals surface area contributed by atoms with E-state index < -0.39 is 0 Å². The van der Waals surface area contributed by atoms with E-state index in [0.29, 0.717) is 6.42 Å². The van der Waals surface area contributed by atoms with Crippen LogP contribution in [0.5, 0.6) is 0 Å². The first-order valence-corrected chi connectivity index (χ1v) is 16.4. The molecule has 0 saturated carbocycles. The Morgan fingerprint density at radius 2 is 1.13 bits per heavy atom. The molecule has 2 amide bonds. The van der Waals surface area contributed by atoms with Gasteiger partial charge in [-0.1, -0.05) is 110 Å². The summed E-state index contributed by atoms with van der Waals surface area (Å²) in [6.45, 7) is 14.1. The van der Waals surface area contributed by atoms with Gasteiger partial charge >= 0.3 is 0 Å². The molecule has 2 aliphatic heterocycles. The van der Waals surface area contributed by atoms with Gasteiger partial charge in [-0.15, -0.1) is 0 Å². The van der Waals surface area contributed by atoms with Gasteiger partial charge in [-0.05, 0) is 53.4 Å². The molecule has 222 valence electrons. The van der Waals surface area contributed by atoms with Crippen LogP contribution < -0.4 is 0 Å². The first-order valence-electron chi connectivity index (χ1n) is 16.4. The van der Waals surface area contributed by atoms with Crippen molar-refractivity contribution in [1.82, 2.24) is 9.96 Å². The third-order valence-electron chi connectivity index (χ3n) is 8.84. The predicted molar refractivity (Wildman–Crippen MR) is 159 cm³/mol. The molecular formula is C33H62N2O3. The maximum atomic E-state index is 13.4. The molecule has 2 fully saturated rings. The molecule has 2 heterocycles. The van der Waals surface area contributed by atoms with E-state index >= 15 is 0 Å². The molecule has 5 nitrogen and oxygen atoms in total. The monoisotopic (exact) mass is 534 g/mol. The molecule has 2 aliphatic rings. The van der Waals surface area contributed by atoms with Crippen molar-refractivity contribution in [1.29, 1.82) is 0 Å². The standard InChI is InChI=1S/C33H62N2O3/c1-7-9-11-13-15-16-17-18-19-21-23-28-25-30(36)34(31(28)37)29-26-32(3,4)35(33(5,6)27-29)38-24-22-20-14-12-10-8-2/h28-29H,7-27H2,1-6H3. The molecule has 0 N–H and O–H groups in total. The minimum Gasteiger partial charge on any atom is -0.298 e. The first-order chi connectivity index (χ1) is 18.1. The van der Waals surface area contributed by atoms with Gasteiger partial charge in [0, 0.05) is 29.5 Å². The minimum atomic E-state index is -0.232. The second-order valence-electron chi connectivity index (χ2n) is 13.6. The number of hydrogen-bond donors (Lipinski definition) is 0. The zero-order valence-corrected chi connectivity index (χ0v) is 26.1. The van der Waals surface area contributed by atoms with Crippen LogP contribution in [0, 0.1) is 5.92 Å². The van der Waals surface area contributed by atoms with Gasteiger partial charge in [-0.3, -0.25) is 19.3 Å². The van der Waals surface area contributed by atoms with Crippen molar-refractivity contribution in [2.45, 2.75) is 187 Å². The van der Waals surface area contributed by atoms with E-state index in [2.05, 4.69) is 46.6 Å². The number of rotatable bonds is 20. The van der Waals surface area contributed by atoms with E-state index in [1.54, 1.807) is 4.90 Å². The van der Waals surface area contributed by atoms with Gasteiger partial charge in [0.1, 0.15) is 0 Å². The summed E-state index contributed by atoms with van der Waals surface area (Å²) in [5.74, 6) is 0.0267. The highest BCUT2D eigenvalue weighted by Crippen LogP contribution is 2.42. The number of carbonyl (C=O) groups excluding carboxylic acids is 2. The third kappa shape index (κ3) is 10.6. The van der Waals surface area contributed by atoms with Crippen LogP contribution in [-0.2, 0) is 14.4 Å². The van der Waals surface area contributed by atoms with Crippen LogP contribution in [0.15, 0.2) is 0 Å². The van der Waals surface area contributed by atoms with Gasteiger partial charge in [0.2, 0.25) is 11.8 Å². The molecule has 0 radical (unpaired) electrons. The molecule has 2 rings (SSSR count). The van der Waals surface area contributed by atoms with Gasteiger partial charge in [0.15, 0.2) is 0 Å². The van der Waals surface area contributed by atoms with Crippen molar-refractivity contribution in [2.75, 3.05) is 6.61 Å². The zero-order valence-electron chi connectivity index (χ0n) is 26.1. The predicted octanol–water partition coefficient (Wildman–Crippen LogP) is 8.99. The molecule has 1 atom stereocenters. The number of piperidine rings is 1. The molecule has 0 spiro atoms. The van der Waals surface area contributed by atoms with E-state index in [9.17, 15) is 9.59 Å². The molecule has 0 bridgehead atoms. The van der Waals surface area contributed by atoms with Crippen LogP contribution in [0.4, 0.5) is 0 Å². The fourth-order valence-electron chi connectivity index (χ4n) is 6.98. The van der Waals surface area contributed by atoms with Crippen LogP contribution >= 0.6 is 0 Å². The number of carbonyl (C=O) groups is 2. The van der Waals surface area contributed by atoms with Gasteiger partial charge in [-0.2, -0.15) is 5.06 Å². The maximum absolute atomic E-state index is 13.4. The number of unbranched alkanes of at least 4 members (excludes halogenated alkanes) is 14. The van der Waals surface area contributed by atoms with Gasteiger partial charge in [0.05, 0.1) is 6.61 Å². The van der Waals surface area contributed by atoms with E-state index in [0.717, 1.165) is 38.7 Å². The molecule has 2 saturated heterocycles. The zero-order chi connectivity index (χ0) is 28.0. The fourth-order valence-corrected chi connectivity index (χ4v) is 6.98. The highest BCUT2D eigenvalue weighted by molar-refractivity contribution is 6.03. The minimum absolute atomic E-state index is 0.0356. The number of hydroxylamine groups is 2. The number of nitrogens with zero attached hydrogens (tertiary/aromatic N) is 2. The van der Waals surface area contributed by atoms with E-state index in [-0.39, 0.29) is 34.9 Å². The highest BCUT2D eigenvalue weighted by atomic mass is 16.7. The Balaban J connectivity index is 1.76. The fraction of sp³-hybridized carbons (Fsp3) is 0.939. The van der Waals surface area contributed by atoms with Gasteiger partial charge in [0.25, 0.3) is 0 Å². The molecule has 0 aromatic rings. The van der Waals surface area contributed by atoms with Crippen molar-refractivity contribution in [3.05, 3.63) is 0 Å². The summed E-state index contributed by atoms with van der Waals surface area (Å²) in [5.41, 5.74) is -0.465. The van der Waals surface area contributed by atoms with E-state index in [1.165, 1.54) is 89.9 Å². The van der Waals surface area contributed by atoms with Gasteiger partial charge < -0.3 is 0 Å². The quantitative estimate of drug-likeness (QED) is 0.115. The first kappa shape index (κ1) is 33.3. The number of amides is 2. The molecule has 0 aromatic heterocycles. The van der Waals surface area contributed by atoms with Crippen LogP contribution in [0.3, 0.4) is 0 Å². The van der Waals surface area contributed by atoms with Crippen LogP contribution in [0.1, 0.15) is 170 Å². The van der Waals surface area contributed by atoms with Crippen LogP contribution in [-0.4, -0.2) is 45.5 Å². The number of imide groups is 1. The van der Waals surface area contributed by atoms with Crippen LogP contribution in [0.25, 0.3) is 0 Å². The number of hydrogen-bond acceptors (Lipinski definition) is 4. The third-order valence-corrected chi connectivity index (χ3v) is 8.84. The lowest BCUT2D eigenvalue weighted by Crippen LogP contribution is -2.64. The van der Waals surface area contributed by atoms with E-state index in [1.807, 2.05) is 0 Å². The molecular weight excluding hydrogens is 472 g/mol. The summed E-state index contributed by atoms with van der Waals surface area (Å²) >= 11 is 0. The molecule has 5 heteroatoms. The molecule has 0 aliphatic carbocycles. The van der Waals surface area contributed by atoms with Crippen molar-refractivity contribution in [2.24, 2.45) is 5.92 Å². The summed E-state index contributed by atoms with van der Waals surface area (Å²) in [4.78, 5) is 34.5. The number of likely N-dealkylation sites (tertiary alicyclic amines) is 1. The van der Waals surface area contributed by atoms with Crippen LogP contribution in [0.2, 0.25) is 0 Å². The summed E-state index contributed by atoms with van der Waals surface area (Å²) in [6.07, 6.45) is 23.3. The average molecular weight is 535 g/mol. The van der Waals surface area contributed by atoms with Gasteiger partial charge in [-0.25, -0.2) is 0 Å². The summed E-state index contributed by atoms with van der Waals surface area (Å²) in [5, 5.41) is 2.18. The summed E-state index contributed by atoms with van der Waals surface area (Å²) in [6, 6.07) is -0.0356. The normalized spacial score (nSPS) is 22.1. The Morgan fingerprint density at radius 1 is 0.684 bits per heavy atom. The Morgan fingerprint density at radius 3 is 1.63 bits per heavy atom. The smallest absolute Gasteiger partial charge is 0.233 e. The van der Waals surface area contributed by atoms with Crippen molar-refractivity contribution in [3.63, 3.8) is 0 Å². The van der Waals surface area contributed by atoms with Crippen molar-refractivity contribution in [3.8, 4) is 0 Å². The highest BCUT2D eigenvalue weighted by Gasteiger charge is 2.52. The Bertz CT molecular complexity index is 672. The Labute approximate surface area is 235 Å². The lowest BCUT2D eigenvalue weighted by atomic mass is 9.78. The summed E-state index contributed by atoms with van der Waals surface area (Å²) < 4.78 is 0. The Hall–Kier alpha value is -0.940. The molecule has 1 unspecified atom stereocenters. The second-order valence-corrected chi connectivity index (χ2v) is 13.6. The summed E-state index contributed by atoms with van der Waals surface area (Å²) in [7, 11) is 0. The SMILES string of the molecule is CCCCCCCCCCCCC1CC(=O)N(C2CC(C)(C)N(OCCCCCCCC)C(C)(C)C2)C1=O. The molecule has 0 aromatic carbocycles. The maximum Gasteiger partial charge on any atom is 0.233 e. The second kappa shape index (κ2) is 17.0. The lowest BCUT2D eigenvalue weighted by Gasteiger charge is -2.55. The largest absolute Gasteiger partial charge is 0.298 e. The Kier molecular flexibility index (Phi) is 14.9. The average Bonchev–Trinajstić information content (AvgIpc) is 3.13. The lowest BCUT2D eigenvalue weighted by molar-refractivity contribution is -0.287. The van der Waals surface area contributed by atoms with Crippen molar-refractivity contribution < 1.29 is 14.4 Å². The van der Waals surface area contributed by atoms with E-state index in [4.69, 9.17) is 4.84 Å². The topological polar surface area (TPSA) is 49.9 Å².